The Balaban J connectivity index is 2.28. The molecule has 2 aromatic rings. The van der Waals surface area contributed by atoms with Crippen LogP contribution in [0.15, 0.2) is 42.5 Å². The second kappa shape index (κ2) is 6.89. The van der Waals surface area contributed by atoms with E-state index in [9.17, 15) is 9.59 Å². The molecule has 0 aromatic heterocycles. The summed E-state index contributed by atoms with van der Waals surface area (Å²) in [6.45, 7) is 5.82. The van der Waals surface area contributed by atoms with Gasteiger partial charge >= 0.3 is 11.9 Å². The van der Waals surface area contributed by atoms with Crippen LogP contribution in [0.3, 0.4) is 0 Å². The molecule has 0 fully saturated rings. The molecular formula is C18H18O4. The molecule has 0 N–H and O–H groups in total. The summed E-state index contributed by atoms with van der Waals surface area (Å²) in [6, 6.07) is 12.0. The molecule has 114 valence electrons. The third-order valence-corrected chi connectivity index (χ3v) is 3.05. The molecule has 2 rings (SSSR count). The molecule has 0 atom stereocenters. The minimum Gasteiger partial charge on any atom is -0.462 e. The van der Waals surface area contributed by atoms with Crippen LogP contribution < -0.4 is 4.74 Å². The van der Waals surface area contributed by atoms with E-state index in [1.807, 2.05) is 19.9 Å². The van der Waals surface area contributed by atoms with Gasteiger partial charge in [-0.25, -0.2) is 9.59 Å². The molecular weight excluding hydrogens is 280 g/mol. The third-order valence-electron chi connectivity index (χ3n) is 3.05. The number of carbonyl (C=O) groups is 2. The number of hydrogen-bond acceptors (Lipinski definition) is 4. The lowest BCUT2D eigenvalue weighted by molar-refractivity contribution is 0.0517. The molecule has 0 aliphatic rings. The zero-order valence-corrected chi connectivity index (χ0v) is 12.9. The van der Waals surface area contributed by atoms with Gasteiger partial charge in [0.15, 0.2) is 0 Å². The molecule has 0 bridgehead atoms. The van der Waals surface area contributed by atoms with Crippen molar-refractivity contribution >= 4 is 11.9 Å². The Morgan fingerprint density at radius 2 is 1.45 bits per heavy atom. The van der Waals surface area contributed by atoms with Crippen LogP contribution in [0.25, 0.3) is 0 Å². The van der Waals surface area contributed by atoms with Crippen molar-refractivity contribution in [1.29, 1.82) is 0 Å². The third kappa shape index (κ3) is 3.73. The minimum atomic E-state index is -0.575. The average Bonchev–Trinajstić information content (AvgIpc) is 2.46. The van der Waals surface area contributed by atoms with Gasteiger partial charge in [-0.05, 0) is 56.2 Å². The van der Waals surface area contributed by atoms with E-state index in [4.69, 9.17) is 9.47 Å². The molecule has 4 heteroatoms. The highest BCUT2D eigenvalue weighted by atomic mass is 16.5. The molecule has 0 saturated heterocycles. The lowest BCUT2D eigenvalue weighted by Crippen LogP contribution is -2.16. The fourth-order valence-electron chi connectivity index (χ4n) is 2.20. The normalized spacial score (nSPS) is 10.1. The Labute approximate surface area is 129 Å². The van der Waals surface area contributed by atoms with E-state index < -0.39 is 11.9 Å². The molecule has 4 nitrogen and oxygen atoms in total. The number of esters is 2. The molecule has 0 unspecified atom stereocenters. The molecule has 0 saturated carbocycles. The monoisotopic (exact) mass is 298 g/mol. The van der Waals surface area contributed by atoms with Gasteiger partial charge in [-0.1, -0.05) is 18.2 Å². The Kier molecular flexibility index (Phi) is 4.94. The molecule has 0 heterocycles. The van der Waals surface area contributed by atoms with E-state index in [-0.39, 0.29) is 17.7 Å². The number of hydrogen-bond donors (Lipinski definition) is 0. The summed E-state index contributed by atoms with van der Waals surface area (Å²) >= 11 is 0. The lowest BCUT2D eigenvalue weighted by Gasteiger charge is -2.09. The quantitative estimate of drug-likeness (QED) is 0.638. The summed E-state index contributed by atoms with van der Waals surface area (Å²) in [4.78, 5) is 24.2. The minimum absolute atomic E-state index is 0.195. The fraction of sp³-hybridized carbons (Fsp3) is 0.222. The average molecular weight is 298 g/mol. The summed E-state index contributed by atoms with van der Waals surface area (Å²) in [5.41, 5.74) is 2.40. The fourth-order valence-corrected chi connectivity index (χ4v) is 2.20. The molecule has 0 aliphatic carbocycles. The highest BCUT2D eigenvalue weighted by Gasteiger charge is 2.19. The van der Waals surface area contributed by atoms with Gasteiger partial charge in [-0.15, -0.1) is 0 Å². The van der Waals surface area contributed by atoms with Gasteiger partial charge in [0.2, 0.25) is 0 Å². The smallest absolute Gasteiger partial charge is 0.344 e. The predicted octanol–water partition coefficient (Wildman–Crippen LogP) is 3.70. The van der Waals surface area contributed by atoms with Crippen molar-refractivity contribution in [3.63, 3.8) is 0 Å². The van der Waals surface area contributed by atoms with E-state index in [1.165, 1.54) is 0 Å². The predicted molar refractivity (Wildman–Crippen MR) is 83.3 cm³/mol. The molecule has 2 aromatic carbocycles. The van der Waals surface area contributed by atoms with E-state index in [2.05, 4.69) is 0 Å². The van der Waals surface area contributed by atoms with Crippen molar-refractivity contribution in [2.75, 3.05) is 6.61 Å². The topological polar surface area (TPSA) is 52.6 Å². The maximum atomic E-state index is 12.3. The maximum Gasteiger partial charge on any atom is 0.344 e. The van der Waals surface area contributed by atoms with Gasteiger partial charge in [0.25, 0.3) is 0 Å². The van der Waals surface area contributed by atoms with Crippen LogP contribution in [0.5, 0.6) is 5.75 Å². The second-order valence-electron chi connectivity index (χ2n) is 4.98. The van der Waals surface area contributed by atoms with E-state index in [0.717, 1.165) is 11.1 Å². The number of ether oxygens (including phenoxy) is 2. The van der Waals surface area contributed by atoms with Crippen LogP contribution in [0.2, 0.25) is 0 Å². The summed E-state index contributed by atoms with van der Waals surface area (Å²) in [5, 5.41) is 0. The number of rotatable bonds is 4. The molecule has 0 amide bonds. The van der Waals surface area contributed by atoms with Crippen LogP contribution >= 0.6 is 0 Å². The molecule has 0 spiro atoms. The van der Waals surface area contributed by atoms with Gasteiger partial charge in [0.05, 0.1) is 17.7 Å². The molecule has 22 heavy (non-hydrogen) atoms. The van der Waals surface area contributed by atoms with Crippen molar-refractivity contribution in [2.45, 2.75) is 20.8 Å². The van der Waals surface area contributed by atoms with Crippen LogP contribution in [-0.4, -0.2) is 18.5 Å². The SMILES string of the molecule is CCOC(=O)c1ccccc1C(=O)Oc1cc(C)cc(C)c1. The number of carbonyl (C=O) groups excluding carboxylic acids is 2. The van der Waals surface area contributed by atoms with E-state index in [1.54, 1.807) is 43.3 Å². The Hall–Kier alpha value is -2.62. The summed E-state index contributed by atoms with van der Waals surface area (Å²) < 4.78 is 10.3. The van der Waals surface area contributed by atoms with Crippen LogP contribution in [0.4, 0.5) is 0 Å². The number of aryl methyl sites for hydroxylation is 2. The molecule has 0 aliphatic heterocycles. The van der Waals surface area contributed by atoms with Gasteiger partial charge in [-0.3, -0.25) is 0 Å². The van der Waals surface area contributed by atoms with Crippen molar-refractivity contribution in [2.24, 2.45) is 0 Å². The van der Waals surface area contributed by atoms with Crippen molar-refractivity contribution in [1.82, 2.24) is 0 Å². The highest BCUT2D eigenvalue weighted by Crippen LogP contribution is 2.19. The van der Waals surface area contributed by atoms with Crippen molar-refractivity contribution in [3.05, 3.63) is 64.7 Å². The first kappa shape index (κ1) is 15.8. The largest absolute Gasteiger partial charge is 0.462 e. The van der Waals surface area contributed by atoms with Crippen molar-refractivity contribution < 1.29 is 19.1 Å². The van der Waals surface area contributed by atoms with Crippen LogP contribution in [0.1, 0.15) is 38.8 Å². The Morgan fingerprint density at radius 3 is 2.00 bits per heavy atom. The van der Waals surface area contributed by atoms with Gasteiger partial charge in [0, 0.05) is 0 Å². The van der Waals surface area contributed by atoms with E-state index in [0.29, 0.717) is 5.75 Å². The van der Waals surface area contributed by atoms with Gasteiger partial charge in [0.1, 0.15) is 5.75 Å². The van der Waals surface area contributed by atoms with E-state index >= 15 is 0 Å². The Bertz CT molecular complexity index is 684. The van der Waals surface area contributed by atoms with Crippen LogP contribution in [0, 0.1) is 13.8 Å². The first-order valence-electron chi connectivity index (χ1n) is 7.08. The van der Waals surface area contributed by atoms with Gasteiger partial charge in [-0.2, -0.15) is 0 Å². The first-order chi connectivity index (χ1) is 10.5. The summed E-state index contributed by atoms with van der Waals surface area (Å²) in [7, 11) is 0. The second-order valence-corrected chi connectivity index (χ2v) is 4.98. The highest BCUT2D eigenvalue weighted by molar-refractivity contribution is 6.03. The first-order valence-corrected chi connectivity index (χ1v) is 7.08. The maximum absolute atomic E-state index is 12.3. The Morgan fingerprint density at radius 1 is 0.909 bits per heavy atom. The summed E-state index contributed by atoms with van der Waals surface area (Å²) in [6.07, 6.45) is 0. The van der Waals surface area contributed by atoms with Crippen LogP contribution in [-0.2, 0) is 4.74 Å². The number of benzene rings is 2. The summed E-state index contributed by atoms with van der Waals surface area (Å²) in [5.74, 6) is -0.648. The standard InChI is InChI=1S/C18H18O4/c1-4-21-17(19)15-7-5-6-8-16(15)18(20)22-14-10-12(2)9-13(3)11-14/h5-11H,4H2,1-3H3. The zero-order valence-electron chi connectivity index (χ0n) is 12.9. The lowest BCUT2D eigenvalue weighted by atomic mass is 10.1. The van der Waals surface area contributed by atoms with Crippen molar-refractivity contribution in [3.8, 4) is 5.75 Å². The molecule has 0 radical (unpaired) electrons. The zero-order chi connectivity index (χ0) is 16.1. The van der Waals surface area contributed by atoms with Gasteiger partial charge < -0.3 is 9.47 Å².